The molecule has 0 aliphatic carbocycles. The second-order valence-electron chi connectivity index (χ2n) is 7.66. The molecular weight excluding hydrogens is 416 g/mol. The molecule has 4 amide bonds. The molecule has 2 aliphatic heterocycles. The number of aliphatic carboxylic acids is 1. The van der Waals surface area contributed by atoms with Gasteiger partial charge in [-0.2, -0.15) is 0 Å². The summed E-state index contributed by atoms with van der Waals surface area (Å²) in [7, 11) is 0. The predicted molar refractivity (Wildman–Crippen MR) is 109 cm³/mol. The highest BCUT2D eigenvalue weighted by Crippen LogP contribution is 2.30. The first-order chi connectivity index (χ1) is 15.3. The Hall–Kier alpha value is -4.08. The van der Waals surface area contributed by atoms with Gasteiger partial charge in [0.2, 0.25) is 11.8 Å². The van der Waals surface area contributed by atoms with E-state index in [4.69, 9.17) is 0 Å². The highest BCUT2D eigenvalue weighted by Gasteiger charge is 2.40. The number of carbonyl (C=O) groups excluding carboxylic acids is 4. The van der Waals surface area contributed by atoms with E-state index in [1.807, 2.05) is 0 Å². The van der Waals surface area contributed by atoms with Crippen LogP contribution in [0.25, 0.3) is 0 Å². The Bertz CT molecular complexity index is 1120. The van der Waals surface area contributed by atoms with Crippen LogP contribution in [-0.4, -0.2) is 56.7 Å². The molecule has 10 nitrogen and oxygen atoms in total. The van der Waals surface area contributed by atoms with Crippen molar-refractivity contribution in [2.24, 2.45) is 0 Å². The fourth-order valence-corrected chi connectivity index (χ4v) is 3.99. The number of benzene rings is 1. The van der Waals surface area contributed by atoms with Crippen molar-refractivity contribution in [3.05, 3.63) is 65.0 Å². The molecule has 3 heterocycles. The number of carboxylic acid groups (broad SMARTS) is 1. The number of fused-ring (bicyclic) bond motifs is 1. The van der Waals surface area contributed by atoms with Gasteiger partial charge in [0.15, 0.2) is 0 Å². The molecule has 2 aromatic rings. The molecule has 3 N–H and O–H groups in total. The summed E-state index contributed by atoms with van der Waals surface area (Å²) in [5.74, 6) is -3.15. The zero-order valence-corrected chi connectivity index (χ0v) is 16.9. The lowest BCUT2D eigenvalue weighted by molar-refractivity contribution is -0.139. The SMILES string of the molecule is O=C1CCC(N2Cc3c(C(=O)NC(Cc4ccncc4)C(=O)O)cccc3C2=O)C(=O)N1. The molecule has 0 bridgehead atoms. The smallest absolute Gasteiger partial charge is 0.326 e. The van der Waals surface area contributed by atoms with Crippen molar-refractivity contribution >= 4 is 29.6 Å². The van der Waals surface area contributed by atoms with Gasteiger partial charge in [-0.1, -0.05) is 6.07 Å². The van der Waals surface area contributed by atoms with Crippen molar-refractivity contribution in [1.82, 2.24) is 20.5 Å². The van der Waals surface area contributed by atoms with Gasteiger partial charge < -0.3 is 15.3 Å². The summed E-state index contributed by atoms with van der Waals surface area (Å²) in [6.45, 7) is 0.0200. The second kappa shape index (κ2) is 8.58. The van der Waals surface area contributed by atoms with Crippen molar-refractivity contribution in [3.63, 3.8) is 0 Å². The van der Waals surface area contributed by atoms with Gasteiger partial charge >= 0.3 is 5.97 Å². The Balaban J connectivity index is 1.54. The van der Waals surface area contributed by atoms with E-state index in [-0.39, 0.29) is 42.8 Å². The maximum atomic E-state index is 13.0. The van der Waals surface area contributed by atoms with Crippen LogP contribution in [0.2, 0.25) is 0 Å². The van der Waals surface area contributed by atoms with Crippen LogP contribution >= 0.6 is 0 Å². The predicted octanol–water partition coefficient (Wildman–Crippen LogP) is 0.268. The Morgan fingerprint density at radius 1 is 1.19 bits per heavy atom. The quantitative estimate of drug-likeness (QED) is 0.551. The minimum absolute atomic E-state index is 0.0200. The summed E-state index contributed by atoms with van der Waals surface area (Å²) in [5, 5.41) is 14.3. The molecule has 1 saturated heterocycles. The van der Waals surface area contributed by atoms with E-state index >= 15 is 0 Å². The minimum Gasteiger partial charge on any atom is -0.480 e. The number of aromatic nitrogens is 1. The monoisotopic (exact) mass is 436 g/mol. The zero-order valence-electron chi connectivity index (χ0n) is 16.9. The van der Waals surface area contributed by atoms with Crippen LogP contribution in [0.5, 0.6) is 0 Å². The summed E-state index contributed by atoms with van der Waals surface area (Å²) >= 11 is 0. The van der Waals surface area contributed by atoms with Gasteiger partial charge in [-0.3, -0.25) is 29.5 Å². The molecule has 0 radical (unpaired) electrons. The van der Waals surface area contributed by atoms with E-state index in [2.05, 4.69) is 15.6 Å². The van der Waals surface area contributed by atoms with E-state index in [9.17, 15) is 29.1 Å². The Kier molecular flexibility index (Phi) is 5.67. The number of rotatable bonds is 6. The second-order valence-corrected chi connectivity index (χ2v) is 7.66. The number of hydrogen-bond donors (Lipinski definition) is 3. The summed E-state index contributed by atoms with van der Waals surface area (Å²) in [4.78, 5) is 66.5. The average Bonchev–Trinajstić information content (AvgIpc) is 3.10. The molecule has 2 unspecified atom stereocenters. The van der Waals surface area contributed by atoms with Gasteiger partial charge in [0.05, 0.1) is 0 Å². The van der Waals surface area contributed by atoms with Crippen molar-refractivity contribution in [2.45, 2.75) is 37.9 Å². The maximum Gasteiger partial charge on any atom is 0.326 e. The molecule has 0 saturated carbocycles. The molecule has 1 aromatic carbocycles. The third-order valence-corrected chi connectivity index (χ3v) is 5.62. The lowest BCUT2D eigenvalue weighted by Crippen LogP contribution is -2.52. The first-order valence-electron chi connectivity index (χ1n) is 10.0. The Morgan fingerprint density at radius 3 is 2.62 bits per heavy atom. The van der Waals surface area contributed by atoms with Crippen molar-refractivity contribution < 1.29 is 29.1 Å². The Labute approximate surface area is 182 Å². The van der Waals surface area contributed by atoms with Gasteiger partial charge in [-0.15, -0.1) is 0 Å². The van der Waals surface area contributed by atoms with Crippen molar-refractivity contribution in [1.29, 1.82) is 0 Å². The van der Waals surface area contributed by atoms with Crippen LogP contribution in [0.4, 0.5) is 0 Å². The number of pyridine rings is 1. The van der Waals surface area contributed by atoms with Crippen LogP contribution < -0.4 is 10.6 Å². The third-order valence-electron chi connectivity index (χ3n) is 5.62. The molecule has 4 rings (SSSR count). The number of hydrogen-bond acceptors (Lipinski definition) is 6. The van der Waals surface area contributed by atoms with E-state index in [1.165, 1.54) is 29.4 Å². The topological polar surface area (TPSA) is 146 Å². The number of nitrogens with zero attached hydrogens (tertiary/aromatic N) is 2. The largest absolute Gasteiger partial charge is 0.480 e. The third kappa shape index (κ3) is 4.07. The Morgan fingerprint density at radius 2 is 1.94 bits per heavy atom. The molecule has 164 valence electrons. The van der Waals surface area contributed by atoms with Crippen LogP contribution in [0.3, 0.4) is 0 Å². The van der Waals surface area contributed by atoms with Gasteiger partial charge in [0.1, 0.15) is 12.1 Å². The first-order valence-corrected chi connectivity index (χ1v) is 10.0. The molecule has 2 atom stereocenters. The van der Waals surface area contributed by atoms with E-state index < -0.39 is 35.8 Å². The summed E-state index contributed by atoms with van der Waals surface area (Å²) in [6.07, 6.45) is 3.47. The first kappa shape index (κ1) is 21.2. The summed E-state index contributed by atoms with van der Waals surface area (Å²) < 4.78 is 0. The number of piperidine rings is 1. The molecule has 2 aliphatic rings. The highest BCUT2D eigenvalue weighted by atomic mass is 16.4. The molecule has 0 spiro atoms. The lowest BCUT2D eigenvalue weighted by atomic mass is 10.0. The number of amides is 4. The van der Waals surface area contributed by atoms with Crippen molar-refractivity contribution in [3.8, 4) is 0 Å². The molecule has 10 heteroatoms. The molecular formula is C22H20N4O6. The average molecular weight is 436 g/mol. The molecule has 1 fully saturated rings. The zero-order chi connectivity index (χ0) is 22.8. The van der Waals surface area contributed by atoms with Crippen LogP contribution in [0.15, 0.2) is 42.7 Å². The number of imide groups is 1. The molecule has 32 heavy (non-hydrogen) atoms. The van der Waals surface area contributed by atoms with E-state index in [0.29, 0.717) is 11.1 Å². The molecule has 1 aromatic heterocycles. The highest BCUT2D eigenvalue weighted by molar-refractivity contribution is 6.08. The fourth-order valence-electron chi connectivity index (χ4n) is 3.99. The number of carboxylic acids is 1. The van der Waals surface area contributed by atoms with E-state index in [1.54, 1.807) is 18.2 Å². The van der Waals surface area contributed by atoms with Gasteiger partial charge in [-0.05, 0) is 41.8 Å². The fraction of sp³-hybridized carbons (Fsp3) is 0.273. The standard InChI is InChI=1S/C22H20N4O6/c27-18-5-4-17(20(29)25-18)26-11-15-13(2-1-3-14(15)21(26)30)19(28)24-16(22(31)32)10-12-6-8-23-9-7-12/h1-3,6-9,16-17H,4-5,10-11H2,(H,24,28)(H,31,32)(H,25,27,29). The maximum absolute atomic E-state index is 13.0. The normalized spacial score (nSPS) is 18.7. The van der Waals surface area contributed by atoms with Crippen LogP contribution in [0, 0.1) is 0 Å². The number of nitrogens with one attached hydrogen (secondary N) is 2. The number of carbonyl (C=O) groups is 5. The van der Waals surface area contributed by atoms with Crippen LogP contribution in [-0.2, 0) is 27.3 Å². The summed E-state index contributed by atoms with van der Waals surface area (Å²) in [5.41, 5.74) is 1.58. The van der Waals surface area contributed by atoms with Crippen LogP contribution in [0.1, 0.15) is 44.7 Å². The van der Waals surface area contributed by atoms with Crippen molar-refractivity contribution in [2.75, 3.05) is 0 Å². The van der Waals surface area contributed by atoms with Gasteiger partial charge in [0.25, 0.3) is 11.8 Å². The van der Waals surface area contributed by atoms with Gasteiger partial charge in [-0.25, -0.2) is 4.79 Å². The minimum atomic E-state index is -1.19. The van der Waals surface area contributed by atoms with E-state index in [0.717, 1.165) is 0 Å². The summed E-state index contributed by atoms with van der Waals surface area (Å²) in [6, 6.07) is 5.97. The van der Waals surface area contributed by atoms with Gasteiger partial charge in [0, 0.05) is 42.9 Å². The lowest BCUT2D eigenvalue weighted by Gasteiger charge is -2.29.